The Morgan fingerprint density at radius 1 is 1.35 bits per heavy atom. The number of hydrogen-bond acceptors (Lipinski definition) is 3. The first-order chi connectivity index (χ1) is 9.78. The van der Waals surface area contributed by atoms with Gasteiger partial charge >= 0.3 is 0 Å². The first-order valence-electron chi connectivity index (χ1n) is 7.81. The van der Waals surface area contributed by atoms with E-state index in [1.165, 1.54) is 19.3 Å². The maximum Gasteiger partial charge on any atom is 0.178 e. The normalized spacial score (nSPS) is 28.9. The third kappa shape index (κ3) is 2.67. The van der Waals surface area contributed by atoms with Crippen LogP contribution in [-0.4, -0.2) is 18.4 Å². The van der Waals surface area contributed by atoms with Crippen molar-refractivity contribution < 1.29 is 9.53 Å². The van der Waals surface area contributed by atoms with Crippen LogP contribution in [0.4, 0.5) is 5.69 Å². The third-order valence-corrected chi connectivity index (χ3v) is 4.71. The molecule has 108 valence electrons. The number of para-hydroxylation sites is 2. The number of nitrogens with one attached hydrogen (secondary N) is 1. The van der Waals surface area contributed by atoms with Gasteiger partial charge in [-0.3, -0.25) is 4.79 Å². The molecule has 3 atom stereocenters. The fraction of sp³-hybridized carbons (Fsp3) is 0.588. The van der Waals surface area contributed by atoms with Crippen LogP contribution < -0.4 is 10.1 Å². The summed E-state index contributed by atoms with van der Waals surface area (Å²) in [6.45, 7) is 2.83. The van der Waals surface area contributed by atoms with Gasteiger partial charge in [0, 0.05) is 5.92 Å². The van der Waals surface area contributed by atoms with Gasteiger partial charge in [0.05, 0.1) is 12.2 Å². The van der Waals surface area contributed by atoms with Gasteiger partial charge in [-0.25, -0.2) is 0 Å². The van der Waals surface area contributed by atoms with Crippen molar-refractivity contribution in [2.45, 2.75) is 45.1 Å². The Balaban J connectivity index is 1.67. The van der Waals surface area contributed by atoms with E-state index in [4.69, 9.17) is 4.74 Å². The Hall–Kier alpha value is -1.51. The minimum absolute atomic E-state index is 0.200. The topological polar surface area (TPSA) is 38.3 Å². The number of ketones is 1. The van der Waals surface area contributed by atoms with Gasteiger partial charge in [-0.2, -0.15) is 0 Å². The Labute approximate surface area is 120 Å². The summed E-state index contributed by atoms with van der Waals surface area (Å²) in [5.74, 6) is 2.03. The van der Waals surface area contributed by atoms with Crippen LogP contribution in [-0.2, 0) is 4.79 Å². The van der Waals surface area contributed by atoms with E-state index in [1.54, 1.807) is 0 Å². The van der Waals surface area contributed by atoms with E-state index in [-0.39, 0.29) is 12.0 Å². The molecule has 1 heterocycles. The predicted octanol–water partition coefficient (Wildman–Crippen LogP) is 3.65. The zero-order valence-electron chi connectivity index (χ0n) is 12.1. The number of Topliss-reactive ketones (excluding diaryl/α,β-unsaturated/α-hetero) is 1. The van der Waals surface area contributed by atoms with Gasteiger partial charge in [0.2, 0.25) is 0 Å². The van der Waals surface area contributed by atoms with Gasteiger partial charge in [0.15, 0.2) is 11.9 Å². The minimum Gasteiger partial charge on any atom is -0.479 e. The van der Waals surface area contributed by atoms with Crippen LogP contribution in [0, 0.1) is 11.8 Å². The second kappa shape index (κ2) is 5.86. The van der Waals surface area contributed by atoms with Gasteiger partial charge in [-0.15, -0.1) is 0 Å². The minimum atomic E-state index is -0.314. The van der Waals surface area contributed by atoms with Gasteiger partial charge in [0.1, 0.15) is 5.75 Å². The highest BCUT2D eigenvalue weighted by molar-refractivity contribution is 5.87. The van der Waals surface area contributed by atoms with Crippen LogP contribution >= 0.6 is 0 Å². The summed E-state index contributed by atoms with van der Waals surface area (Å²) in [4.78, 5) is 12.7. The van der Waals surface area contributed by atoms with Crippen LogP contribution in [0.3, 0.4) is 0 Å². The molecule has 0 saturated heterocycles. The van der Waals surface area contributed by atoms with E-state index < -0.39 is 0 Å². The monoisotopic (exact) mass is 273 g/mol. The maximum absolute atomic E-state index is 12.7. The molecule has 1 aliphatic heterocycles. The average molecular weight is 273 g/mol. The van der Waals surface area contributed by atoms with E-state index in [2.05, 4.69) is 12.2 Å². The molecule has 0 amide bonds. The number of carbonyl (C=O) groups is 1. The molecule has 0 radical (unpaired) electrons. The Morgan fingerprint density at radius 2 is 2.20 bits per heavy atom. The molecule has 1 N–H and O–H groups in total. The summed E-state index contributed by atoms with van der Waals surface area (Å²) >= 11 is 0. The Kier molecular flexibility index (Phi) is 3.95. The van der Waals surface area contributed by atoms with Gasteiger partial charge < -0.3 is 10.1 Å². The van der Waals surface area contributed by atoms with E-state index in [0.717, 1.165) is 30.2 Å². The number of fused-ring (bicyclic) bond motifs is 1. The molecule has 1 aromatic rings. The number of hydrogen-bond donors (Lipinski definition) is 1. The van der Waals surface area contributed by atoms with Crippen LogP contribution in [0.5, 0.6) is 5.75 Å². The van der Waals surface area contributed by atoms with Crippen molar-refractivity contribution in [2.24, 2.45) is 11.8 Å². The van der Waals surface area contributed by atoms with Crippen molar-refractivity contribution in [1.29, 1.82) is 0 Å². The van der Waals surface area contributed by atoms with Crippen LogP contribution in [0.15, 0.2) is 24.3 Å². The van der Waals surface area contributed by atoms with Crippen LogP contribution in [0.1, 0.15) is 39.0 Å². The quantitative estimate of drug-likeness (QED) is 0.913. The molecule has 3 unspecified atom stereocenters. The van der Waals surface area contributed by atoms with Gasteiger partial charge in [0.25, 0.3) is 0 Å². The number of ether oxygens (including phenoxy) is 1. The summed E-state index contributed by atoms with van der Waals surface area (Å²) in [7, 11) is 0. The fourth-order valence-corrected chi connectivity index (χ4v) is 3.45. The molecular formula is C17H23NO2. The lowest BCUT2D eigenvalue weighted by Gasteiger charge is -2.32. The number of rotatable bonds is 3. The number of anilines is 1. The van der Waals surface area contributed by atoms with E-state index in [1.807, 2.05) is 24.3 Å². The van der Waals surface area contributed by atoms with Gasteiger partial charge in [-0.1, -0.05) is 38.3 Å². The second-order valence-corrected chi connectivity index (χ2v) is 6.02. The highest BCUT2D eigenvalue weighted by Gasteiger charge is 2.34. The summed E-state index contributed by atoms with van der Waals surface area (Å²) in [6, 6.07) is 7.84. The second-order valence-electron chi connectivity index (χ2n) is 6.02. The fourth-order valence-electron chi connectivity index (χ4n) is 3.45. The summed E-state index contributed by atoms with van der Waals surface area (Å²) in [6.07, 6.45) is 5.44. The van der Waals surface area contributed by atoms with Crippen LogP contribution in [0.25, 0.3) is 0 Å². The molecular weight excluding hydrogens is 250 g/mol. The lowest BCUT2D eigenvalue weighted by Crippen LogP contribution is -2.42. The van der Waals surface area contributed by atoms with E-state index >= 15 is 0 Å². The molecule has 1 saturated carbocycles. The smallest absolute Gasteiger partial charge is 0.178 e. The van der Waals surface area contributed by atoms with Crippen molar-refractivity contribution in [2.75, 3.05) is 11.9 Å². The molecule has 1 aliphatic carbocycles. The largest absolute Gasteiger partial charge is 0.479 e. The Bertz CT molecular complexity index is 486. The average Bonchev–Trinajstić information content (AvgIpc) is 2.53. The SMILES string of the molecule is CCC1CCCC(C(=O)C2CNc3ccccc3O2)C1. The summed E-state index contributed by atoms with van der Waals surface area (Å²) < 4.78 is 5.90. The first kappa shape index (κ1) is 13.5. The maximum atomic E-state index is 12.7. The third-order valence-electron chi connectivity index (χ3n) is 4.71. The van der Waals surface area contributed by atoms with Crippen molar-refractivity contribution in [1.82, 2.24) is 0 Å². The lowest BCUT2D eigenvalue weighted by molar-refractivity contribution is -0.131. The van der Waals surface area contributed by atoms with Crippen molar-refractivity contribution in [3.05, 3.63) is 24.3 Å². The van der Waals surface area contributed by atoms with Crippen molar-refractivity contribution in [3.8, 4) is 5.75 Å². The number of carbonyl (C=O) groups excluding carboxylic acids is 1. The molecule has 3 heteroatoms. The molecule has 3 rings (SSSR count). The first-order valence-corrected chi connectivity index (χ1v) is 7.81. The van der Waals surface area contributed by atoms with Gasteiger partial charge in [-0.05, 0) is 30.9 Å². The molecule has 1 aromatic carbocycles. The molecule has 1 fully saturated rings. The zero-order valence-corrected chi connectivity index (χ0v) is 12.1. The number of benzene rings is 1. The molecule has 20 heavy (non-hydrogen) atoms. The molecule has 2 aliphatic rings. The van der Waals surface area contributed by atoms with Crippen LogP contribution in [0.2, 0.25) is 0 Å². The van der Waals surface area contributed by atoms with E-state index in [9.17, 15) is 4.79 Å². The van der Waals surface area contributed by atoms with Crippen molar-refractivity contribution in [3.63, 3.8) is 0 Å². The Morgan fingerprint density at radius 3 is 3.05 bits per heavy atom. The standard InChI is InChI=1S/C17H23NO2/c1-2-12-6-5-7-13(10-12)17(19)16-11-18-14-8-3-4-9-15(14)20-16/h3-4,8-9,12-13,16,18H,2,5-7,10-11H2,1H3. The van der Waals surface area contributed by atoms with Crippen molar-refractivity contribution >= 4 is 11.5 Å². The lowest BCUT2D eigenvalue weighted by atomic mass is 9.77. The molecule has 0 aromatic heterocycles. The predicted molar refractivity (Wildman–Crippen MR) is 80.1 cm³/mol. The summed E-state index contributed by atoms with van der Waals surface area (Å²) in [5, 5.41) is 3.31. The van der Waals surface area contributed by atoms with E-state index in [0.29, 0.717) is 12.3 Å². The highest BCUT2D eigenvalue weighted by atomic mass is 16.5. The molecule has 3 nitrogen and oxygen atoms in total. The molecule has 0 bridgehead atoms. The zero-order chi connectivity index (χ0) is 13.9. The highest BCUT2D eigenvalue weighted by Crippen LogP contribution is 2.34. The summed E-state index contributed by atoms with van der Waals surface area (Å²) in [5.41, 5.74) is 0.992. The molecule has 0 spiro atoms.